The Hall–Kier alpha value is -3.43. The first-order chi connectivity index (χ1) is 17.8. The van der Waals surface area contributed by atoms with Gasteiger partial charge in [-0.3, -0.25) is 13.9 Å². The quantitative estimate of drug-likeness (QED) is 0.399. The zero-order valence-electron chi connectivity index (χ0n) is 21.7. The third-order valence-corrected chi connectivity index (χ3v) is 7.74. The first-order valence-corrected chi connectivity index (χ1v) is 13.8. The number of sulfonamides is 1. The van der Waals surface area contributed by atoms with Crippen LogP contribution < -0.4 is 9.62 Å². The molecule has 0 bridgehead atoms. The molecule has 0 aliphatic rings. The van der Waals surface area contributed by atoms with Crippen LogP contribution in [0.15, 0.2) is 83.8 Å². The van der Waals surface area contributed by atoms with E-state index in [1.54, 1.807) is 25.1 Å². The molecule has 0 heterocycles. The second-order valence-electron chi connectivity index (χ2n) is 9.85. The fourth-order valence-corrected chi connectivity index (χ4v) is 5.33. The lowest BCUT2D eigenvalue weighted by molar-refractivity contribution is -0.140. The first-order valence-electron chi connectivity index (χ1n) is 12.0. The van der Waals surface area contributed by atoms with Crippen LogP contribution in [0.1, 0.15) is 33.3 Å². The van der Waals surface area contributed by atoms with Crippen molar-refractivity contribution in [3.05, 3.63) is 95.3 Å². The molecule has 3 rings (SSSR count). The van der Waals surface area contributed by atoms with Crippen molar-refractivity contribution in [1.82, 2.24) is 10.2 Å². The molecule has 0 fully saturated rings. The summed E-state index contributed by atoms with van der Waals surface area (Å²) in [6.07, 6.45) is 0. The number of nitrogens with zero attached hydrogens (tertiary/aromatic N) is 2. The van der Waals surface area contributed by atoms with Gasteiger partial charge in [-0.25, -0.2) is 12.8 Å². The van der Waals surface area contributed by atoms with E-state index in [4.69, 9.17) is 11.6 Å². The molecule has 0 spiro atoms. The maximum atomic E-state index is 13.9. The zero-order chi connectivity index (χ0) is 28.1. The van der Waals surface area contributed by atoms with Gasteiger partial charge < -0.3 is 10.2 Å². The molecule has 0 aliphatic carbocycles. The van der Waals surface area contributed by atoms with Crippen molar-refractivity contribution in [3.63, 3.8) is 0 Å². The van der Waals surface area contributed by atoms with Crippen molar-refractivity contribution in [1.29, 1.82) is 0 Å². The van der Waals surface area contributed by atoms with E-state index >= 15 is 0 Å². The highest BCUT2D eigenvalue weighted by Gasteiger charge is 2.33. The summed E-state index contributed by atoms with van der Waals surface area (Å²) in [6, 6.07) is 19.2. The number of nitrogens with one attached hydrogen (secondary N) is 1. The summed E-state index contributed by atoms with van der Waals surface area (Å²) in [5.41, 5.74) is 0.235. The van der Waals surface area contributed by atoms with E-state index in [9.17, 15) is 22.4 Å². The van der Waals surface area contributed by atoms with Gasteiger partial charge in [-0.15, -0.1) is 0 Å². The standard InChI is InChI=1S/C28H31ClFN3O4S/c1-20(27(35)31-28(2,3)4)32(18-21-11-7-5-8-12-21)26(34)19-33(22-15-16-25(30)24(29)17-22)38(36,37)23-13-9-6-10-14-23/h5-17,20H,18-19H2,1-4H3,(H,31,35). The van der Waals surface area contributed by atoms with Gasteiger partial charge in [-0.1, -0.05) is 60.1 Å². The molecule has 2 amide bonds. The highest BCUT2D eigenvalue weighted by atomic mass is 35.5. The Labute approximate surface area is 228 Å². The highest BCUT2D eigenvalue weighted by molar-refractivity contribution is 7.92. The van der Waals surface area contributed by atoms with Crippen LogP contribution in [0.5, 0.6) is 0 Å². The number of halogens is 2. The number of carbonyl (C=O) groups is 2. The predicted molar refractivity (Wildman–Crippen MR) is 147 cm³/mol. The zero-order valence-corrected chi connectivity index (χ0v) is 23.3. The molecule has 1 unspecified atom stereocenters. The molecule has 3 aromatic carbocycles. The average Bonchev–Trinajstić information content (AvgIpc) is 2.87. The lowest BCUT2D eigenvalue weighted by Gasteiger charge is -2.33. The molecule has 10 heteroatoms. The molecule has 0 radical (unpaired) electrons. The molecule has 7 nitrogen and oxygen atoms in total. The van der Waals surface area contributed by atoms with Crippen LogP contribution in [0.4, 0.5) is 10.1 Å². The van der Waals surface area contributed by atoms with Crippen LogP contribution in [-0.2, 0) is 26.2 Å². The summed E-state index contributed by atoms with van der Waals surface area (Å²) in [5.74, 6) is -1.73. The molecule has 0 saturated heterocycles. The maximum Gasteiger partial charge on any atom is 0.264 e. The number of anilines is 1. The van der Waals surface area contributed by atoms with Crippen molar-refractivity contribution < 1.29 is 22.4 Å². The van der Waals surface area contributed by atoms with Crippen molar-refractivity contribution in [3.8, 4) is 0 Å². The average molecular weight is 560 g/mol. The van der Waals surface area contributed by atoms with Crippen molar-refractivity contribution in [2.75, 3.05) is 10.8 Å². The third-order valence-electron chi connectivity index (χ3n) is 5.66. The summed E-state index contributed by atoms with van der Waals surface area (Å²) in [6.45, 7) is 6.50. The molecule has 38 heavy (non-hydrogen) atoms. The van der Waals surface area contributed by atoms with Gasteiger partial charge in [0.2, 0.25) is 11.8 Å². The molecule has 0 saturated carbocycles. The SMILES string of the molecule is CC(C(=O)NC(C)(C)C)N(Cc1ccccc1)C(=O)CN(c1ccc(F)c(Cl)c1)S(=O)(=O)c1ccccc1. The Balaban J connectivity index is 2.04. The van der Waals surface area contributed by atoms with Crippen LogP contribution in [-0.4, -0.2) is 43.3 Å². The third kappa shape index (κ3) is 7.33. The van der Waals surface area contributed by atoms with Crippen molar-refractivity contribution in [2.24, 2.45) is 0 Å². The molecule has 3 aromatic rings. The van der Waals surface area contributed by atoms with Crippen LogP contribution in [0.25, 0.3) is 0 Å². The molecule has 1 atom stereocenters. The molecule has 0 aliphatic heterocycles. The van der Waals surface area contributed by atoms with Gasteiger partial charge in [0.1, 0.15) is 18.4 Å². The fraction of sp³-hybridized carbons (Fsp3) is 0.286. The second-order valence-corrected chi connectivity index (χ2v) is 12.1. The summed E-state index contributed by atoms with van der Waals surface area (Å²) in [4.78, 5) is 28.1. The number of benzene rings is 3. The monoisotopic (exact) mass is 559 g/mol. The molecule has 202 valence electrons. The second kappa shape index (κ2) is 12.0. The van der Waals surface area contributed by atoms with E-state index < -0.39 is 39.9 Å². The minimum absolute atomic E-state index is 0.0139. The lowest BCUT2D eigenvalue weighted by atomic mass is 10.1. The Morgan fingerprint density at radius 3 is 2.11 bits per heavy atom. The van der Waals surface area contributed by atoms with E-state index in [1.165, 1.54) is 23.1 Å². The van der Waals surface area contributed by atoms with Crippen LogP contribution >= 0.6 is 11.6 Å². The Kier molecular flexibility index (Phi) is 9.17. The Morgan fingerprint density at radius 2 is 1.55 bits per heavy atom. The van der Waals surface area contributed by atoms with E-state index in [1.807, 2.05) is 51.1 Å². The Morgan fingerprint density at radius 1 is 0.974 bits per heavy atom. The fourth-order valence-electron chi connectivity index (χ4n) is 3.73. The minimum atomic E-state index is -4.26. The van der Waals surface area contributed by atoms with Crippen LogP contribution in [0.2, 0.25) is 5.02 Å². The number of hydrogen-bond acceptors (Lipinski definition) is 4. The van der Waals surface area contributed by atoms with Gasteiger partial charge in [0, 0.05) is 12.1 Å². The largest absolute Gasteiger partial charge is 0.350 e. The predicted octanol–water partition coefficient (Wildman–Crippen LogP) is 5.01. The minimum Gasteiger partial charge on any atom is -0.350 e. The summed E-state index contributed by atoms with van der Waals surface area (Å²) >= 11 is 5.97. The van der Waals surface area contributed by atoms with Gasteiger partial charge in [0.15, 0.2) is 0 Å². The highest BCUT2D eigenvalue weighted by Crippen LogP contribution is 2.28. The Bertz CT molecular complexity index is 1380. The number of carbonyl (C=O) groups excluding carboxylic acids is 2. The topological polar surface area (TPSA) is 86.8 Å². The number of amides is 2. The molecular weight excluding hydrogens is 529 g/mol. The summed E-state index contributed by atoms with van der Waals surface area (Å²) in [7, 11) is -4.26. The van der Waals surface area contributed by atoms with Gasteiger partial charge in [-0.2, -0.15) is 0 Å². The van der Waals surface area contributed by atoms with E-state index in [0.717, 1.165) is 22.0 Å². The van der Waals surface area contributed by atoms with Gasteiger partial charge in [-0.05, 0) is 63.6 Å². The molecular formula is C28H31ClFN3O4S. The first kappa shape index (κ1) is 29.1. The van der Waals surface area contributed by atoms with Crippen molar-refractivity contribution >= 4 is 39.1 Å². The molecule has 0 aromatic heterocycles. The number of hydrogen-bond donors (Lipinski definition) is 1. The maximum absolute atomic E-state index is 13.9. The van der Waals surface area contributed by atoms with Crippen molar-refractivity contribution in [2.45, 2.75) is 50.7 Å². The molecule has 1 N–H and O–H groups in total. The number of rotatable bonds is 9. The lowest BCUT2D eigenvalue weighted by Crippen LogP contribution is -2.54. The van der Waals surface area contributed by atoms with Gasteiger partial charge in [0.05, 0.1) is 15.6 Å². The summed E-state index contributed by atoms with van der Waals surface area (Å²) < 4.78 is 42.2. The smallest absolute Gasteiger partial charge is 0.264 e. The van der Waals surface area contributed by atoms with Gasteiger partial charge >= 0.3 is 0 Å². The van der Waals surface area contributed by atoms with E-state index in [2.05, 4.69) is 5.32 Å². The normalized spacial score (nSPS) is 12.5. The van der Waals surface area contributed by atoms with Crippen LogP contribution in [0.3, 0.4) is 0 Å². The van der Waals surface area contributed by atoms with Crippen LogP contribution in [0, 0.1) is 5.82 Å². The van der Waals surface area contributed by atoms with E-state index in [0.29, 0.717) is 0 Å². The van der Waals surface area contributed by atoms with Gasteiger partial charge in [0.25, 0.3) is 10.0 Å². The summed E-state index contributed by atoms with van der Waals surface area (Å²) in [5, 5.41) is 2.58. The van der Waals surface area contributed by atoms with E-state index in [-0.39, 0.29) is 28.1 Å².